The van der Waals surface area contributed by atoms with E-state index in [2.05, 4.69) is 59.0 Å². The molecule has 6 heteroatoms. The summed E-state index contributed by atoms with van der Waals surface area (Å²) in [7, 11) is 1.39. The minimum absolute atomic E-state index is 0.106. The molecule has 0 fully saturated rings. The molecule has 3 rings (SSSR count). The molecule has 1 N–H and O–H groups in total. The number of carbonyl (C=O) groups excluding carboxylic acids is 2. The van der Waals surface area contributed by atoms with Gasteiger partial charge in [-0.05, 0) is 78.7 Å². The Morgan fingerprint density at radius 3 is 2.59 bits per heavy atom. The summed E-state index contributed by atoms with van der Waals surface area (Å²) >= 11 is 1.53. The van der Waals surface area contributed by atoms with Crippen LogP contribution in [0.3, 0.4) is 0 Å². The number of ether oxygens (including phenoxy) is 2. The van der Waals surface area contributed by atoms with Gasteiger partial charge in [0.25, 0.3) is 0 Å². The summed E-state index contributed by atoms with van der Waals surface area (Å²) in [6, 6.07) is 6.16. The van der Waals surface area contributed by atoms with Gasteiger partial charge >= 0.3 is 5.97 Å². The molecule has 1 aliphatic rings. The van der Waals surface area contributed by atoms with Crippen molar-refractivity contribution in [2.45, 2.75) is 79.6 Å². The molecule has 0 aliphatic heterocycles. The first kappa shape index (κ1) is 26.3. The molecule has 0 bridgehead atoms. The summed E-state index contributed by atoms with van der Waals surface area (Å²) in [4.78, 5) is 26.4. The lowest BCUT2D eigenvalue weighted by Crippen LogP contribution is -2.26. The van der Waals surface area contributed by atoms with Crippen LogP contribution in [0.15, 0.2) is 18.2 Å². The van der Waals surface area contributed by atoms with E-state index in [0.717, 1.165) is 30.6 Å². The second kappa shape index (κ2) is 10.9. The number of amides is 1. The predicted octanol–water partition coefficient (Wildman–Crippen LogP) is 6.92. The molecule has 34 heavy (non-hydrogen) atoms. The summed E-state index contributed by atoms with van der Waals surface area (Å²) in [6.07, 6.45) is 3.75. The number of hydrogen-bond donors (Lipinski definition) is 1. The topological polar surface area (TPSA) is 64.6 Å². The molecule has 1 amide bonds. The number of anilines is 1. The second-order valence-corrected chi connectivity index (χ2v) is 11.8. The van der Waals surface area contributed by atoms with Gasteiger partial charge in [-0.25, -0.2) is 4.79 Å². The lowest BCUT2D eigenvalue weighted by molar-refractivity contribution is -0.116. The first-order valence-electron chi connectivity index (χ1n) is 12.3. The van der Waals surface area contributed by atoms with Crippen LogP contribution in [0.25, 0.3) is 0 Å². The third-order valence-corrected chi connectivity index (χ3v) is 7.98. The van der Waals surface area contributed by atoms with Gasteiger partial charge in [-0.3, -0.25) is 4.79 Å². The van der Waals surface area contributed by atoms with E-state index < -0.39 is 0 Å². The van der Waals surface area contributed by atoms with Crippen molar-refractivity contribution >= 4 is 28.2 Å². The van der Waals surface area contributed by atoms with Gasteiger partial charge in [0.1, 0.15) is 10.8 Å². The van der Waals surface area contributed by atoms with Gasteiger partial charge in [-0.15, -0.1) is 11.3 Å². The SMILES string of the molecule is COC(=O)c1c(NC(=O)CCCOc2ccc(C(C)C)c(C)c2)sc2c1CCC(C(C)(C)C)C2. The highest BCUT2D eigenvalue weighted by molar-refractivity contribution is 7.17. The first-order chi connectivity index (χ1) is 16.0. The Kier molecular flexibility index (Phi) is 8.45. The number of methoxy groups -OCH3 is 1. The lowest BCUT2D eigenvalue weighted by atomic mass is 9.72. The van der Waals surface area contributed by atoms with Crippen molar-refractivity contribution in [3.05, 3.63) is 45.3 Å². The van der Waals surface area contributed by atoms with Crippen LogP contribution >= 0.6 is 11.3 Å². The van der Waals surface area contributed by atoms with Gasteiger partial charge in [0.05, 0.1) is 19.3 Å². The second-order valence-electron chi connectivity index (χ2n) is 10.7. The summed E-state index contributed by atoms with van der Waals surface area (Å²) in [5, 5.41) is 3.61. The molecule has 186 valence electrons. The van der Waals surface area contributed by atoms with Crippen LogP contribution in [-0.2, 0) is 22.4 Å². The number of benzene rings is 1. The number of fused-ring (bicyclic) bond motifs is 1. The number of hydrogen-bond acceptors (Lipinski definition) is 5. The molecular weight excluding hydrogens is 446 g/mol. The van der Waals surface area contributed by atoms with Crippen molar-refractivity contribution < 1.29 is 19.1 Å². The third-order valence-electron chi connectivity index (χ3n) is 6.81. The molecule has 2 aromatic rings. The Morgan fingerprint density at radius 2 is 1.97 bits per heavy atom. The Labute approximate surface area is 208 Å². The van der Waals surface area contributed by atoms with Crippen molar-refractivity contribution in [1.82, 2.24) is 0 Å². The van der Waals surface area contributed by atoms with Crippen molar-refractivity contribution in [2.75, 3.05) is 19.0 Å². The van der Waals surface area contributed by atoms with E-state index in [1.165, 1.54) is 34.5 Å². The average molecular weight is 486 g/mol. The van der Waals surface area contributed by atoms with Gasteiger partial charge in [0.15, 0.2) is 0 Å². The third kappa shape index (κ3) is 6.21. The van der Waals surface area contributed by atoms with Crippen molar-refractivity contribution in [1.29, 1.82) is 0 Å². The molecule has 0 radical (unpaired) electrons. The van der Waals surface area contributed by atoms with Gasteiger partial charge in [0, 0.05) is 11.3 Å². The van der Waals surface area contributed by atoms with Crippen molar-refractivity contribution in [3.63, 3.8) is 0 Å². The Morgan fingerprint density at radius 1 is 1.24 bits per heavy atom. The molecule has 1 heterocycles. The minimum Gasteiger partial charge on any atom is -0.494 e. The molecule has 1 aliphatic carbocycles. The molecule has 5 nitrogen and oxygen atoms in total. The maximum atomic E-state index is 12.7. The number of nitrogens with one attached hydrogen (secondary N) is 1. The van der Waals surface area contributed by atoms with Crippen LogP contribution in [0.5, 0.6) is 5.75 Å². The van der Waals surface area contributed by atoms with Crippen LogP contribution in [0.2, 0.25) is 0 Å². The van der Waals surface area contributed by atoms with E-state index in [4.69, 9.17) is 9.47 Å². The highest BCUT2D eigenvalue weighted by atomic mass is 32.1. The summed E-state index contributed by atoms with van der Waals surface area (Å²) in [5.41, 5.74) is 4.34. The normalized spacial score (nSPS) is 15.7. The fourth-order valence-corrected chi connectivity index (χ4v) is 6.06. The standard InChI is InChI=1S/C28H39NO4S/c1-17(2)21-13-11-20(15-18(21)3)33-14-8-9-24(30)29-26-25(27(31)32-7)22-12-10-19(28(4,5)6)16-23(22)34-26/h11,13,15,17,19H,8-10,12,14,16H2,1-7H3,(H,29,30). The monoisotopic (exact) mass is 485 g/mol. The van der Waals surface area contributed by atoms with E-state index in [0.29, 0.717) is 41.8 Å². The Balaban J connectivity index is 1.60. The molecule has 0 spiro atoms. The number of rotatable bonds is 8. The number of carbonyl (C=O) groups is 2. The fraction of sp³-hybridized carbons (Fsp3) is 0.571. The summed E-state index contributed by atoms with van der Waals surface area (Å²) < 4.78 is 10.9. The van der Waals surface area contributed by atoms with E-state index in [-0.39, 0.29) is 17.3 Å². The Bertz CT molecular complexity index is 1030. The quantitative estimate of drug-likeness (QED) is 0.326. The van der Waals surface area contributed by atoms with E-state index in [1.54, 1.807) is 0 Å². The lowest BCUT2D eigenvalue weighted by Gasteiger charge is -2.33. The molecule has 1 unspecified atom stereocenters. The van der Waals surface area contributed by atoms with Gasteiger partial charge in [-0.2, -0.15) is 0 Å². The fourth-order valence-electron chi connectivity index (χ4n) is 4.73. The molecule has 0 saturated carbocycles. The average Bonchev–Trinajstić information content (AvgIpc) is 3.12. The number of aryl methyl sites for hydroxylation is 1. The molecular formula is C28H39NO4S. The van der Waals surface area contributed by atoms with Crippen LogP contribution in [-0.4, -0.2) is 25.6 Å². The summed E-state index contributed by atoms with van der Waals surface area (Å²) in [5.74, 6) is 1.39. The van der Waals surface area contributed by atoms with Crippen molar-refractivity contribution in [2.24, 2.45) is 11.3 Å². The number of thiophene rings is 1. The first-order valence-corrected chi connectivity index (χ1v) is 13.1. The maximum absolute atomic E-state index is 12.7. The Hall–Kier alpha value is -2.34. The van der Waals surface area contributed by atoms with Gasteiger partial charge < -0.3 is 14.8 Å². The van der Waals surface area contributed by atoms with Crippen LogP contribution < -0.4 is 10.1 Å². The molecule has 1 aromatic carbocycles. The minimum atomic E-state index is -0.370. The largest absolute Gasteiger partial charge is 0.494 e. The zero-order valence-electron chi connectivity index (χ0n) is 21.7. The van der Waals surface area contributed by atoms with Crippen molar-refractivity contribution in [3.8, 4) is 5.75 Å². The predicted molar refractivity (Wildman–Crippen MR) is 139 cm³/mol. The van der Waals surface area contributed by atoms with Gasteiger partial charge in [-0.1, -0.05) is 40.7 Å². The zero-order valence-corrected chi connectivity index (χ0v) is 22.5. The van der Waals surface area contributed by atoms with E-state index in [1.807, 2.05) is 6.07 Å². The maximum Gasteiger partial charge on any atom is 0.341 e. The summed E-state index contributed by atoms with van der Waals surface area (Å²) in [6.45, 7) is 13.7. The number of esters is 1. The zero-order chi connectivity index (χ0) is 25.0. The highest BCUT2D eigenvalue weighted by Gasteiger charge is 2.34. The van der Waals surface area contributed by atoms with E-state index in [9.17, 15) is 9.59 Å². The highest BCUT2D eigenvalue weighted by Crippen LogP contribution is 2.44. The van der Waals surface area contributed by atoms with Crippen LogP contribution in [0.1, 0.15) is 91.7 Å². The molecule has 0 saturated heterocycles. The van der Waals surface area contributed by atoms with Crippen LogP contribution in [0, 0.1) is 18.3 Å². The molecule has 1 aromatic heterocycles. The van der Waals surface area contributed by atoms with Crippen LogP contribution in [0.4, 0.5) is 5.00 Å². The smallest absolute Gasteiger partial charge is 0.341 e. The van der Waals surface area contributed by atoms with Gasteiger partial charge in [0.2, 0.25) is 5.91 Å². The van der Waals surface area contributed by atoms with E-state index >= 15 is 0 Å². The molecule has 1 atom stereocenters.